The number of fused-ring (bicyclic) bond motifs is 1. The molecule has 152 valence electrons. The highest BCUT2D eigenvalue weighted by Crippen LogP contribution is 2.45. The van der Waals surface area contributed by atoms with E-state index in [9.17, 15) is 9.90 Å². The van der Waals surface area contributed by atoms with E-state index in [1.54, 1.807) is 23.5 Å². The number of anilines is 2. The Kier molecular flexibility index (Phi) is 4.71. The van der Waals surface area contributed by atoms with Crippen molar-refractivity contribution in [2.24, 2.45) is 0 Å². The van der Waals surface area contributed by atoms with Crippen LogP contribution in [0.15, 0.2) is 71.2 Å². The molecule has 0 saturated heterocycles. The largest absolute Gasteiger partial charge is 0.504 e. The van der Waals surface area contributed by atoms with Crippen LogP contribution in [0.3, 0.4) is 0 Å². The Morgan fingerprint density at radius 3 is 2.63 bits per heavy atom. The number of benzene rings is 2. The van der Waals surface area contributed by atoms with E-state index in [1.807, 2.05) is 36.4 Å². The van der Waals surface area contributed by atoms with Gasteiger partial charge < -0.3 is 20.5 Å². The molecule has 0 saturated carbocycles. The molecule has 2 atom stereocenters. The van der Waals surface area contributed by atoms with Gasteiger partial charge in [0.2, 0.25) is 0 Å². The Labute approximate surface area is 179 Å². The molecule has 1 aliphatic heterocycles. The molecule has 0 spiro atoms. The van der Waals surface area contributed by atoms with Crippen LogP contribution in [0.5, 0.6) is 11.5 Å². The lowest BCUT2D eigenvalue weighted by molar-refractivity contribution is -0.116. The zero-order chi connectivity index (χ0) is 20.7. The van der Waals surface area contributed by atoms with Crippen molar-refractivity contribution in [1.29, 1.82) is 0 Å². The molecular weight excluding hydrogens is 396 g/mol. The molecule has 1 aliphatic carbocycles. The smallest absolute Gasteiger partial charge is 0.163 e. The number of hydrogen-bond acceptors (Lipinski definition) is 6. The Morgan fingerprint density at radius 1 is 1.07 bits per heavy atom. The number of hydrogen-bond donors (Lipinski definition) is 3. The summed E-state index contributed by atoms with van der Waals surface area (Å²) < 4.78 is 5.19. The highest BCUT2D eigenvalue weighted by molar-refractivity contribution is 7.10. The van der Waals surface area contributed by atoms with Crippen LogP contribution in [0.2, 0.25) is 0 Å². The number of aromatic hydroxyl groups is 1. The van der Waals surface area contributed by atoms with Crippen LogP contribution in [0.25, 0.3) is 0 Å². The van der Waals surface area contributed by atoms with Gasteiger partial charge in [0.05, 0.1) is 24.5 Å². The molecule has 1 aromatic heterocycles. The molecule has 2 unspecified atom stereocenters. The molecule has 30 heavy (non-hydrogen) atoms. The summed E-state index contributed by atoms with van der Waals surface area (Å²) in [5, 5.41) is 19.5. The average Bonchev–Trinajstić information content (AvgIpc) is 3.22. The lowest BCUT2D eigenvalue weighted by Crippen LogP contribution is -2.26. The normalized spacial score (nSPS) is 20.5. The third-order valence-corrected chi connectivity index (χ3v) is 6.83. The molecule has 0 fully saturated rings. The standard InChI is InChI=1S/C24H22N2O3S/c1-29-21-9-8-14(12-19(21)27)24-23-18(25-16-5-2-3-6-17(16)26-24)11-15(13-20(23)28)22-7-4-10-30-22/h2-10,12,15,24-27H,11,13H2,1H3. The summed E-state index contributed by atoms with van der Waals surface area (Å²) in [5.74, 6) is 0.777. The number of Topliss-reactive ketones (excluding diaryl/α,β-unsaturated/α-hetero) is 1. The predicted molar refractivity (Wildman–Crippen MR) is 119 cm³/mol. The molecule has 0 amide bonds. The maximum Gasteiger partial charge on any atom is 0.163 e. The maximum atomic E-state index is 13.4. The molecule has 5 rings (SSSR count). The van der Waals surface area contributed by atoms with Gasteiger partial charge in [0.15, 0.2) is 17.3 Å². The second kappa shape index (κ2) is 7.54. The molecule has 0 bridgehead atoms. The number of carbonyl (C=O) groups excluding carboxylic acids is 1. The minimum Gasteiger partial charge on any atom is -0.504 e. The molecule has 0 radical (unpaired) electrons. The van der Waals surface area contributed by atoms with Gasteiger partial charge in [-0.25, -0.2) is 0 Å². The first kappa shape index (κ1) is 18.8. The molecule has 5 nitrogen and oxygen atoms in total. The maximum absolute atomic E-state index is 13.4. The molecule has 2 aromatic carbocycles. The van der Waals surface area contributed by atoms with Gasteiger partial charge in [0.25, 0.3) is 0 Å². The Balaban J connectivity index is 1.62. The van der Waals surface area contributed by atoms with Crippen molar-refractivity contribution in [3.05, 3.63) is 81.7 Å². The van der Waals surface area contributed by atoms with E-state index in [0.29, 0.717) is 12.2 Å². The van der Waals surface area contributed by atoms with Gasteiger partial charge in [-0.1, -0.05) is 24.3 Å². The van der Waals surface area contributed by atoms with Crippen molar-refractivity contribution in [2.45, 2.75) is 24.8 Å². The fraction of sp³-hybridized carbons (Fsp3) is 0.208. The number of phenols is 1. The van der Waals surface area contributed by atoms with E-state index in [4.69, 9.17) is 4.74 Å². The number of ether oxygens (including phenoxy) is 1. The summed E-state index contributed by atoms with van der Waals surface area (Å²) in [5.41, 5.74) is 4.38. The number of phenolic OH excluding ortho intramolecular Hbond substituents is 1. The highest BCUT2D eigenvalue weighted by Gasteiger charge is 2.36. The molecule has 2 heterocycles. The van der Waals surface area contributed by atoms with E-state index in [-0.39, 0.29) is 23.5 Å². The molecule has 2 aliphatic rings. The van der Waals surface area contributed by atoms with Crippen LogP contribution in [0.4, 0.5) is 11.4 Å². The van der Waals surface area contributed by atoms with E-state index >= 15 is 0 Å². The lowest BCUT2D eigenvalue weighted by atomic mass is 9.81. The second-order valence-corrected chi connectivity index (χ2v) is 8.59. The number of rotatable bonds is 3. The minimum atomic E-state index is -0.357. The summed E-state index contributed by atoms with van der Waals surface area (Å²) in [6.45, 7) is 0. The van der Waals surface area contributed by atoms with Gasteiger partial charge in [0.1, 0.15) is 0 Å². The third-order valence-electron chi connectivity index (χ3n) is 5.79. The van der Waals surface area contributed by atoms with Crippen molar-refractivity contribution in [2.75, 3.05) is 17.7 Å². The van der Waals surface area contributed by atoms with Crippen molar-refractivity contribution >= 4 is 28.5 Å². The Morgan fingerprint density at radius 2 is 1.90 bits per heavy atom. The topological polar surface area (TPSA) is 70.6 Å². The van der Waals surface area contributed by atoms with Crippen molar-refractivity contribution < 1.29 is 14.6 Å². The molecular formula is C24H22N2O3S. The summed E-state index contributed by atoms with van der Waals surface area (Å²) >= 11 is 1.70. The zero-order valence-electron chi connectivity index (χ0n) is 16.5. The second-order valence-electron chi connectivity index (χ2n) is 7.62. The van der Waals surface area contributed by atoms with Crippen molar-refractivity contribution in [1.82, 2.24) is 0 Å². The zero-order valence-corrected chi connectivity index (χ0v) is 17.3. The molecule has 3 aromatic rings. The van der Waals surface area contributed by atoms with Crippen LogP contribution >= 0.6 is 11.3 Å². The summed E-state index contributed by atoms with van der Waals surface area (Å²) in [4.78, 5) is 14.6. The number of carbonyl (C=O) groups is 1. The molecule has 3 N–H and O–H groups in total. The SMILES string of the molecule is COc1ccc(C2Nc3ccccc3NC3=C2C(=O)CC(c2cccs2)C3)cc1O. The van der Waals surface area contributed by atoms with Gasteiger partial charge in [0, 0.05) is 28.5 Å². The number of nitrogens with one attached hydrogen (secondary N) is 2. The van der Waals surface area contributed by atoms with E-state index in [0.717, 1.165) is 34.6 Å². The van der Waals surface area contributed by atoms with E-state index in [1.165, 1.54) is 12.0 Å². The van der Waals surface area contributed by atoms with Crippen LogP contribution in [0.1, 0.15) is 35.2 Å². The lowest BCUT2D eigenvalue weighted by Gasteiger charge is -2.29. The first-order valence-electron chi connectivity index (χ1n) is 9.93. The van der Waals surface area contributed by atoms with Gasteiger partial charge >= 0.3 is 0 Å². The van der Waals surface area contributed by atoms with Gasteiger partial charge in [-0.3, -0.25) is 4.79 Å². The van der Waals surface area contributed by atoms with Crippen LogP contribution in [-0.2, 0) is 4.79 Å². The van der Waals surface area contributed by atoms with Gasteiger partial charge in [-0.2, -0.15) is 0 Å². The predicted octanol–water partition coefficient (Wildman–Crippen LogP) is 5.44. The molecule has 6 heteroatoms. The Bertz CT molecular complexity index is 1140. The summed E-state index contributed by atoms with van der Waals surface area (Å²) in [7, 11) is 1.52. The number of methoxy groups -OCH3 is 1. The number of ketones is 1. The monoisotopic (exact) mass is 418 g/mol. The van der Waals surface area contributed by atoms with Crippen molar-refractivity contribution in [3.8, 4) is 11.5 Å². The summed E-state index contributed by atoms with van der Waals surface area (Å²) in [6.07, 6.45) is 1.26. The third kappa shape index (κ3) is 3.23. The van der Waals surface area contributed by atoms with Crippen LogP contribution < -0.4 is 15.4 Å². The summed E-state index contributed by atoms with van der Waals surface area (Å²) in [6, 6.07) is 17.1. The number of allylic oxidation sites excluding steroid dienone is 1. The minimum absolute atomic E-state index is 0.0594. The first-order valence-corrected chi connectivity index (χ1v) is 10.8. The highest BCUT2D eigenvalue weighted by atomic mass is 32.1. The van der Waals surface area contributed by atoms with Gasteiger partial charge in [-0.15, -0.1) is 11.3 Å². The number of thiophene rings is 1. The fourth-order valence-corrected chi connectivity index (χ4v) is 5.18. The quantitative estimate of drug-likeness (QED) is 0.528. The average molecular weight is 419 g/mol. The number of para-hydroxylation sites is 2. The fourth-order valence-electron chi connectivity index (χ4n) is 4.35. The van der Waals surface area contributed by atoms with Crippen molar-refractivity contribution in [3.63, 3.8) is 0 Å². The van der Waals surface area contributed by atoms with E-state index < -0.39 is 0 Å². The van der Waals surface area contributed by atoms with Crippen LogP contribution in [-0.4, -0.2) is 18.0 Å². The Hall–Kier alpha value is -3.25. The van der Waals surface area contributed by atoms with Gasteiger partial charge in [-0.05, 0) is 47.7 Å². The first-order chi connectivity index (χ1) is 14.6. The van der Waals surface area contributed by atoms with Crippen LogP contribution in [0, 0.1) is 0 Å². The van der Waals surface area contributed by atoms with E-state index in [2.05, 4.69) is 22.1 Å².